The number of sulfone groups is 1. The van der Waals surface area contributed by atoms with E-state index in [0.29, 0.717) is 49.5 Å². The van der Waals surface area contributed by atoms with Gasteiger partial charge < -0.3 is 19.9 Å². The van der Waals surface area contributed by atoms with Gasteiger partial charge in [0.05, 0.1) is 19.5 Å². The van der Waals surface area contributed by atoms with Gasteiger partial charge in [-0.05, 0) is 50.9 Å². The Hall–Kier alpha value is -2.26. The molecular weight excluding hydrogens is 406 g/mol. The predicted octanol–water partition coefficient (Wildman–Crippen LogP) is 3.00. The lowest BCUT2D eigenvalue weighted by Crippen LogP contribution is -2.42. The molecule has 0 aliphatic carbocycles. The van der Waals surface area contributed by atoms with Crippen LogP contribution in [0.3, 0.4) is 0 Å². The molecule has 1 aromatic carbocycles. The standard InChI is InChI=1S/C21H31N3O5S/c1-4-5-9-19-23-14-18(30(26,27)15-10-12-22-13-11-15)21(25)24(19)20-16(28-2)7-6-8-17(20)29-3/h6-8,14-15,19,22,25H,4-5,9-13H2,1-3H3. The molecule has 0 radical (unpaired) electrons. The number of anilines is 1. The minimum Gasteiger partial charge on any atom is -0.494 e. The van der Waals surface area contributed by atoms with Crippen molar-refractivity contribution in [3.63, 3.8) is 0 Å². The highest BCUT2D eigenvalue weighted by Gasteiger charge is 2.39. The van der Waals surface area contributed by atoms with Gasteiger partial charge in [-0.25, -0.2) is 8.42 Å². The average molecular weight is 438 g/mol. The minimum absolute atomic E-state index is 0.143. The number of nitrogens with zero attached hydrogens (tertiary/aromatic N) is 2. The lowest BCUT2D eigenvalue weighted by molar-refractivity contribution is 0.349. The fourth-order valence-corrected chi connectivity index (χ4v) is 5.71. The molecule has 9 heteroatoms. The summed E-state index contributed by atoms with van der Waals surface area (Å²) in [5.41, 5.74) is 0.468. The Bertz CT molecular complexity index is 885. The number of methoxy groups -OCH3 is 2. The van der Waals surface area contributed by atoms with Gasteiger partial charge in [-0.2, -0.15) is 0 Å². The van der Waals surface area contributed by atoms with E-state index in [2.05, 4.69) is 17.2 Å². The highest BCUT2D eigenvalue weighted by atomic mass is 32.2. The van der Waals surface area contributed by atoms with E-state index in [4.69, 9.17) is 9.47 Å². The van der Waals surface area contributed by atoms with Crippen molar-refractivity contribution in [2.45, 2.75) is 50.4 Å². The van der Waals surface area contributed by atoms with Crippen molar-refractivity contribution in [3.05, 3.63) is 29.0 Å². The van der Waals surface area contributed by atoms with E-state index in [1.165, 1.54) is 20.4 Å². The number of nitrogens with one attached hydrogen (secondary N) is 1. The molecule has 30 heavy (non-hydrogen) atoms. The number of rotatable bonds is 8. The quantitative estimate of drug-likeness (QED) is 0.645. The largest absolute Gasteiger partial charge is 0.494 e. The van der Waals surface area contributed by atoms with Gasteiger partial charge in [0.15, 0.2) is 9.84 Å². The number of piperidine rings is 1. The number of unbranched alkanes of at least 4 members (excludes halogenated alkanes) is 1. The maximum Gasteiger partial charge on any atom is 0.214 e. The molecule has 0 spiro atoms. The van der Waals surface area contributed by atoms with Crippen LogP contribution in [-0.2, 0) is 9.84 Å². The first kappa shape index (κ1) is 22.4. The topological polar surface area (TPSA) is 100 Å². The zero-order valence-corrected chi connectivity index (χ0v) is 18.6. The van der Waals surface area contributed by atoms with Crippen LogP contribution in [-0.4, -0.2) is 58.5 Å². The van der Waals surface area contributed by atoms with Crippen molar-refractivity contribution >= 4 is 21.7 Å². The number of benzene rings is 1. The number of aliphatic imine (C=N–C) groups is 1. The highest BCUT2D eigenvalue weighted by molar-refractivity contribution is 7.96. The second-order valence-electron chi connectivity index (χ2n) is 7.46. The molecule has 1 saturated heterocycles. The van der Waals surface area contributed by atoms with E-state index in [9.17, 15) is 13.5 Å². The summed E-state index contributed by atoms with van der Waals surface area (Å²) in [6, 6.07) is 5.28. The number of hydrogen-bond donors (Lipinski definition) is 2. The third-order valence-electron chi connectivity index (χ3n) is 5.60. The average Bonchev–Trinajstić information content (AvgIpc) is 2.77. The first-order valence-corrected chi connectivity index (χ1v) is 11.9. The van der Waals surface area contributed by atoms with E-state index in [-0.39, 0.29) is 10.8 Å². The number of aliphatic hydroxyl groups is 1. The summed E-state index contributed by atoms with van der Waals surface area (Å²) in [6.45, 7) is 3.35. The van der Waals surface area contributed by atoms with Crippen LogP contribution in [0.2, 0.25) is 0 Å². The van der Waals surface area contributed by atoms with Gasteiger partial charge >= 0.3 is 0 Å². The van der Waals surface area contributed by atoms with Gasteiger partial charge in [0.1, 0.15) is 28.3 Å². The molecule has 1 fully saturated rings. The Morgan fingerprint density at radius 3 is 2.40 bits per heavy atom. The molecule has 0 bridgehead atoms. The molecule has 0 aromatic heterocycles. The van der Waals surface area contributed by atoms with Crippen molar-refractivity contribution in [2.75, 3.05) is 32.2 Å². The van der Waals surface area contributed by atoms with Crippen LogP contribution in [0, 0.1) is 0 Å². The lowest BCUT2D eigenvalue weighted by Gasteiger charge is -2.35. The molecule has 2 N–H and O–H groups in total. The van der Waals surface area contributed by atoms with Gasteiger partial charge in [-0.15, -0.1) is 0 Å². The molecule has 0 amide bonds. The Morgan fingerprint density at radius 1 is 1.20 bits per heavy atom. The fourth-order valence-electron chi connectivity index (χ4n) is 3.94. The number of aliphatic hydroxyl groups excluding tert-OH is 1. The number of para-hydroxylation sites is 1. The third kappa shape index (κ3) is 4.27. The number of allylic oxidation sites excluding steroid dienone is 1. The van der Waals surface area contributed by atoms with E-state index in [1.54, 1.807) is 23.1 Å². The van der Waals surface area contributed by atoms with Crippen LogP contribution in [0.15, 0.2) is 34.0 Å². The zero-order valence-electron chi connectivity index (χ0n) is 17.8. The van der Waals surface area contributed by atoms with Crippen LogP contribution >= 0.6 is 0 Å². The third-order valence-corrected chi connectivity index (χ3v) is 7.85. The molecule has 1 atom stereocenters. The van der Waals surface area contributed by atoms with E-state index < -0.39 is 21.3 Å². The molecule has 0 saturated carbocycles. The van der Waals surface area contributed by atoms with E-state index >= 15 is 0 Å². The molecule has 166 valence electrons. The van der Waals surface area contributed by atoms with Crippen LogP contribution < -0.4 is 19.7 Å². The zero-order chi connectivity index (χ0) is 21.7. The van der Waals surface area contributed by atoms with Crippen molar-refractivity contribution in [1.82, 2.24) is 5.32 Å². The Balaban J connectivity index is 2.12. The SMILES string of the molecule is CCCCC1N=CC(S(=O)(=O)C2CCNCC2)=C(O)N1c1c(OC)cccc1OC. The minimum atomic E-state index is -3.74. The Morgan fingerprint density at radius 2 is 1.83 bits per heavy atom. The molecule has 3 rings (SSSR count). The van der Waals surface area contributed by atoms with Crippen molar-refractivity contribution in [2.24, 2.45) is 4.99 Å². The lowest BCUT2D eigenvalue weighted by atomic mass is 10.1. The molecule has 1 unspecified atom stereocenters. The summed E-state index contributed by atoms with van der Waals surface area (Å²) in [7, 11) is -0.686. The first-order chi connectivity index (χ1) is 14.5. The maximum atomic E-state index is 13.3. The molecule has 2 aliphatic rings. The summed E-state index contributed by atoms with van der Waals surface area (Å²) < 4.78 is 37.7. The smallest absolute Gasteiger partial charge is 0.214 e. The van der Waals surface area contributed by atoms with Crippen molar-refractivity contribution < 1.29 is 23.0 Å². The van der Waals surface area contributed by atoms with Crippen LogP contribution in [0.1, 0.15) is 39.0 Å². The van der Waals surface area contributed by atoms with E-state index in [0.717, 1.165) is 12.8 Å². The summed E-state index contributed by atoms with van der Waals surface area (Å²) in [6.07, 6.45) is 4.36. The Kier molecular flexibility index (Phi) is 7.25. The number of hydrogen-bond acceptors (Lipinski definition) is 8. The maximum absolute atomic E-state index is 13.3. The van der Waals surface area contributed by atoms with Crippen LogP contribution in [0.4, 0.5) is 5.69 Å². The van der Waals surface area contributed by atoms with Gasteiger partial charge in [-0.3, -0.25) is 9.89 Å². The second-order valence-corrected chi connectivity index (χ2v) is 9.66. The molecular formula is C21H31N3O5S. The van der Waals surface area contributed by atoms with Crippen LogP contribution in [0.25, 0.3) is 0 Å². The monoisotopic (exact) mass is 437 g/mol. The summed E-state index contributed by atoms with van der Waals surface area (Å²) in [5.74, 6) is 0.615. The van der Waals surface area contributed by atoms with Gasteiger partial charge in [0.2, 0.25) is 5.88 Å². The highest BCUT2D eigenvalue weighted by Crippen LogP contribution is 2.43. The second kappa shape index (κ2) is 9.70. The predicted molar refractivity (Wildman–Crippen MR) is 118 cm³/mol. The summed E-state index contributed by atoms with van der Waals surface area (Å²) in [5, 5.41) is 13.9. The fraction of sp³-hybridized carbons (Fsp3) is 0.571. The van der Waals surface area contributed by atoms with E-state index in [1.807, 2.05) is 0 Å². The Labute approximate surface area is 178 Å². The summed E-state index contributed by atoms with van der Waals surface area (Å²) >= 11 is 0. The molecule has 8 nitrogen and oxygen atoms in total. The van der Waals surface area contributed by atoms with Gasteiger partial charge in [0.25, 0.3) is 0 Å². The number of ether oxygens (including phenoxy) is 2. The van der Waals surface area contributed by atoms with Crippen LogP contribution in [0.5, 0.6) is 11.5 Å². The van der Waals surface area contributed by atoms with Crippen molar-refractivity contribution in [1.29, 1.82) is 0 Å². The molecule has 2 aliphatic heterocycles. The summed E-state index contributed by atoms with van der Waals surface area (Å²) in [4.78, 5) is 5.95. The van der Waals surface area contributed by atoms with Crippen molar-refractivity contribution in [3.8, 4) is 11.5 Å². The van der Waals surface area contributed by atoms with Gasteiger partial charge in [-0.1, -0.05) is 19.4 Å². The first-order valence-electron chi connectivity index (χ1n) is 10.4. The van der Waals surface area contributed by atoms with Gasteiger partial charge in [0, 0.05) is 6.21 Å². The molecule has 2 heterocycles. The normalized spacial score (nSPS) is 20.5. The molecule has 1 aromatic rings.